The Labute approximate surface area is 149 Å². The number of hydrogen-bond donors (Lipinski definition) is 0. The third-order valence-electron chi connectivity index (χ3n) is 5.73. The van der Waals surface area contributed by atoms with Crippen molar-refractivity contribution in [2.24, 2.45) is 11.8 Å². The van der Waals surface area contributed by atoms with Gasteiger partial charge in [0.25, 0.3) is 0 Å². The molecule has 0 bridgehead atoms. The van der Waals surface area contributed by atoms with Crippen LogP contribution in [-0.4, -0.2) is 0 Å². The molecular formula is C23H48. The SMILES string of the molecule is CCCCCCCCCCCCCCCCC(C)C(C)CCC. The highest BCUT2D eigenvalue weighted by Crippen LogP contribution is 2.22. The number of hydrogen-bond acceptors (Lipinski definition) is 0. The van der Waals surface area contributed by atoms with Crippen molar-refractivity contribution < 1.29 is 0 Å². The molecule has 0 saturated carbocycles. The minimum atomic E-state index is 0.932. The average molecular weight is 325 g/mol. The highest BCUT2D eigenvalue weighted by atomic mass is 14.2. The van der Waals surface area contributed by atoms with E-state index >= 15 is 0 Å². The lowest BCUT2D eigenvalue weighted by Crippen LogP contribution is -2.07. The van der Waals surface area contributed by atoms with Crippen LogP contribution in [0.1, 0.15) is 137 Å². The maximum absolute atomic E-state index is 2.46. The van der Waals surface area contributed by atoms with Crippen LogP contribution in [0, 0.1) is 11.8 Å². The van der Waals surface area contributed by atoms with E-state index in [1.165, 1.54) is 109 Å². The van der Waals surface area contributed by atoms with Crippen LogP contribution in [0.15, 0.2) is 0 Å². The maximum Gasteiger partial charge on any atom is -0.0417 e. The summed E-state index contributed by atoms with van der Waals surface area (Å²) in [5.74, 6) is 1.87. The lowest BCUT2D eigenvalue weighted by molar-refractivity contribution is 0.330. The van der Waals surface area contributed by atoms with E-state index in [2.05, 4.69) is 27.7 Å². The van der Waals surface area contributed by atoms with Crippen LogP contribution in [-0.2, 0) is 0 Å². The second-order valence-electron chi connectivity index (χ2n) is 8.13. The summed E-state index contributed by atoms with van der Waals surface area (Å²) >= 11 is 0. The Morgan fingerprint density at radius 2 is 0.739 bits per heavy atom. The number of rotatable bonds is 18. The zero-order chi connectivity index (χ0) is 17.2. The van der Waals surface area contributed by atoms with Gasteiger partial charge in [0.05, 0.1) is 0 Å². The molecule has 0 aromatic carbocycles. The van der Waals surface area contributed by atoms with Crippen molar-refractivity contribution in [1.82, 2.24) is 0 Å². The van der Waals surface area contributed by atoms with E-state index in [1.54, 1.807) is 0 Å². The van der Waals surface area contributed by atoms with Gasteiger partial charge in [-0.05, 0) is 11.8 Å². The molecule has 0 heteroatoms. The summed E-state index contributed by atoms with van der Waals surface area (Å²) in [6.45, 7) is 9.52. The summed E-state index contributed by atoms with van der Waals surface area (Å²) in [7, 11) is 0. The molecule has 0 aliphatic rings. The third-order valence-corrected chi connectivity index (χ3v) is 5.73. The molecule has 0 spiro atoms. The fourth-order valence-electron chi connectivity index (χ4n) is 3.69. The van der Waals surface area contributed by atoms with Gasteiger partial charge in [0.2, 0.25) is 0 Å². The summed E-state index contributed by atoms with van der Waals surface area (Å²) in [4.78, 5) is 0. The van der Waals surface area contributed by atoms with Gasteiger partial charge in [-0.15, -0.1) is 0 Å². The van der Waals surface area contributed by atoms with Gasteiger partial charge >= 0.3 is 0 Å². The van der Waals surface area contributed by atoms with Crippen molar-refractivity contribution in [3.8, 4) is 0 Å². The Bertz CT molecular complexity index is 208. The summed E-state index contributed by atoms with van der Waals surface area (Å²) < 4.78 is 0. The first-order valence-electron chi connectivity index (χ1n) is 11.2. The minimum absolute atomic E-state index is 0.932. The first-order chi connectivity index (χ1) is 11.2. The molecule has 0 aliphatic carbocycles. The van der Waals surface area contributed by atoms with Gasteiger partial charge in [-0.1, -0.05) is 137 Å². The molecule has 0 aromatic heterocycles. The van der Waals surface area contributed by atoms with Gasteiger partial charge in [-0.25, -0.2) is 0 Å². The summed E-state index contributed by atoms with van der Waals surface area (Å²) in [5, 5.41) is 0. The predicted molar refractivity (Wildman–Crippen MR) is 108 cm³/mol. The van der Waals surface area contributed by atoms with E-state index in [1.807, 2.05) is 0 Å². The van der Waals surface area contributed by atoms with Crippen LogP contribution in [0.4, 0.5) is 0 Å². The van der Waals surface area contributed by atoms with Crippen LogP contribution < -0.4 is 0 Å². The molecule has 2 atom stereocenters. The van der Waals surface area contributed by atoms with Crippen molar-refractivity contribution in [2.45, 2.75) is 137 Å². The fourth-order valence-corrected chi connectivity index (χ4v) is 3.69. The highest BCUT2D eigenvalue weighted by Gasteiger charge is 2.10. The fraction of sp³-hybridized carbons (Fsp3) is 1.00. The van der Waals surface area contributed by atoms with Crippen LogP contribution in [0.5, 0.6) is 0 Å². The van der Waals surface area contributed by atoms with Crippen LogP contribution in [0.25, 0.3) is 0 Å². The van der Waals surface area contributed by atoms with Crippen molar-refractivity contribution in [3.63, 3.8) is 0 Å². The van der Waals surface area contributed by atoms with E-state index in [9.17, 15) is 0 Å². The van der Waals surface area contributed by atoms with Crippen molar-refractivity contribution >= 4 is 0 Å². The lowest BCUT2D eigenvalue weighted by atomic mass is 9.87. The molecule has 0 saturated heterocycles. The van der Waals surface area contributed by atoms with Crippen LogP contribution in [0.2, 0.25) is 0 Å². The van der Waals surface area contributed by atoms with Crippen molar-refractivity contribution in [2.75, 3.05) is 0 Å². The third kappa shape index (κ3) is 16.6. The summed E-state index contributed by atoms with van der Waals surface area (Å²) in [6, 6.07) is 0. The van der Waals surface area contributed by atoms with Crippen LogP contribution >= 0.6 is 0 Å². The quantitative estimate of drug-likeness (QED) is 0.221. The monoisotopic (exact) mass is 324 g/mol. The topological polar surface area (TPSA) is 0 Å². The first kappa shape index (κ1) is 23.0. The molecule has 0 rings (SSSR count). The van der Waals surface area contributed by atoms with E-state index in [-0.39, 0.29) is 0 Å². The Morgan fingerprint density at radius 3 is 1.13 bits per heavy atom. The number of unbranched alkanes of at least 4 members (excludes halogenated alkanes) is 13. The predicted octanol–water partition coefficient (Wildman–Crippen LogP) is 8.93. The Morgan fingerprint density at radius 1 is 0.391 bits per heavy atom. The molecule has 140 valence electrons. The van der Waals surface area contributed by atoms with Gasteiger partial charge in [0.15, 0.2) is 0 Å². The molecule has 0 amide bonds. The molecule has 0 aliphatic heterocycles. The van der Waals surface area contributed by atoms with Crippen LogP contribution in [0.3, 0.4) is 0 Å². The molecule has 0 radical (unpaired) electrons. The zero-order valence-corrected chi connectivity index (χ0v) is 17.2. The van der Waals surface area contributed by atoms with E-state index in [0.717, 1.165) is 11.8 Å². The molecule has 0 aromatic rings. The highest BCUT2D eigenvalue weighted by molar-refractivity contribution is 4.62. The van der Waals surface area contributed by atoms with Gasteiger partial charge in [-0.2, -0.15) is 0 Å². The van der Waals surface area contributed by atoms with Crippen molar-refractivity contribution in [3.05, 3.63) is 0 Å². The zero-order valence-electron chi connectivity index (χ0n) is 17.2. The largest absolute Gasteiger partial charge is 0.0654 e. The van der Waals surface area contributed by atoms with E-state index in [4.69, 9.17) is 0 Å². The van der Waals surface area contributed by atoms with Crippen molar-refractivity contribution in [1.29, 1.82) is 0 Å². The normalized spacial score (nSPS) is 14.1. The Hall–Kier alpha value is 0. The average Bonchev–Trinajstić information content (AvgIpc) is 2.55. The molecule has 0 fully saturated rings. The lowest BCUT2D eigenvalue weighted by Gasteiger charge is -2.19. The summed E-state index contributed by atoms with van der Waals surface area (Å²) in [6.07, 6.45) is 24.8. The summed E-state index contributed by atoms with van der Waals surface area (Å²) in [5.41, 5.74) is 0. The Balaban J connectivity index is 3.13. The molecule has 23 heavy (non-hydrogen) atoms. The molecule has 0 nitrogen and oxygen atoms in total. The molecule has 0 heterocycles. The smallest absolute Gasteiger partial charge is 0.0417 e. The second-order valence-corrected chi connectivity index (χ2v) is 8.13. The van der Waals surface area contributed by atoms with E-state index < -0.39 is 0 Å². The van der Waals surface area contributed by atoms with Gasteiger partial charge < -0.3 is 0 Å². The van der Waals surface area contributed by atoms with Gasteiger partial charge in [-0.3, -0.25) is 0 Å². The minimum Gasteiger partial charge on any atom is -0.0654 e. The molecule has 0 N–H and O–H groups in total. The van der Waals surface area contributed by atoms with E-state index in [0.29, 0.717) is 0 Å². The second kappa shape index (κ2) is 18.3. The standard InChI is InChI=1S/C23H48/c1-5-7-8-9-10-11-12-13-14-15-16-17-18-19-21-23(4)22(3)20-6-2/h22-23H,5-21H2,1-4H3. The van der Waals surface area contributed by atoms with Gasteiger partial charge in [0, 0.05) is 0 Å². The molecular weight excluding hydrogens is 276 g/mol. The molecule has 2 unspecified atom stereocenters. The first-order valence-corrected chi connectivity index (χ1v) is 11.2. The maximum atomic E-state index is 2.46. The Kier molecular flexibility index (Phi) is 18.3. The van der Waals surface area contributed by atoms with Gasteiger partial charge in [0.1, 0.15) is 0 Å².